The Morgan fingerprint density at radius 1 is 1.25 bits per heavy atom. The maximum Gasteiger partial charge on any atom is 0.234 e. The standard InChI is InChI=1S/C16H22N2O2/c1-20-14-8-4-12(5-9-14)16(11-2-3-11)18-15(19)10-17-13-6-7-13/h4-5,8-9,11,13,16-17H,2-3,6-7,10H2,1H3,(H,18,19). The molecule has 2 saturated carbocycles. The summed E-state index contributed by atoms with van der Waals surface area (Å²) in [6, 6.07) is 8.74. The van der Waals surface area contributed by atoms with Gasteiger partial charge >= 0.3 is 0 Å². The Balaban J connectivity index is 1.60. The zero-order chi connectivity index (χ0) is 13.9. The van der Waals surface area contributed by atoms with Crippen molar-refractivity contribution in [2.75, 3.05) is 13.7 Å². The largest absolute Gasteiger partial charge is 0.497 e. The molecule has 1 aromatic rings. The summed E-state index contributed by atoms with van der Waals surface area (Å²) in [4.78, 5) is 12.0. The predicted molar refractivity (Wildman–Crippen MR) is 77.6 cm³/mol. The van der Waals surface area contributed by atoms with Gasteiger partial charge in [0.15, 0.2) is 0 Å². The van der Waals surface area contributed by atoms with Crippen molar-refractivity contribution < 1.29 is 9.53 Å². The molecule has 0 spiro atoms. The number of benzene rings is 1. The summed E-state index contributed by atoms with van der Waals surface area (Å²) in [5.74, 6) is 1.54. The minimum Gasteiger partial charge on any atom is -0.497 e. The highest BCUT2D eigenvalue weighted by atomic mass is 16.5. The minimum absolute atomic E-state index is 0.101. The average molecular weight is 274 g/mol. The van der Waals surface area contributed by atoms with Crippen molar-refractivity contribution in [1.29, 1.82) is 0 Å². The summed E-state index contributed by atoms with van der Waals surface area (Å²) in [7, 11) is 1.67. The van der Waals surface area contributed by atoms with Gasteiger partial charge in [-0.15, -0.1) is 0 Å². The second-order valence-electron chi connectivity index (χ2n) is 5.81. The van der Waals surface area contributed by atoms with Crippen LogP contribution in [0, 0.1) is 5.92 Å². The van der Waals surface area contributed by atoms with Crippen LogP contribution in [0.3, 0.4) is 0 Å². The van der Waals surface area contributed by atoms with Crippen molar-refractivity contribution in [1.82, 2.24) is 10.6 Å². The van der Waals surface area contributed by atoms with E-state index in [1.54, 1.807) is 7.11 Å². The van der Waals surface area contributed by atoms with Gasteiger partial charge in [0.05, 0.1) is 19.7 Å². The molecule has 0 aromatic heterocycles. The van der Waals surface area contributed by atoms with E-state index in [0.29, 0.717) is 18.5 Å². The molecule has 2 fully saturated rings. The second kappa shape index (κ2) is 5.83. The van der Waals surface area contributed by atoms with E-state index in [1.807, 2.05) is 12.1 Å². The minimum atomic E-state index is 0.101. The number of hydrogen-bond donors (Lipinski definition) is 2. The van der Waals surface area contributed by atoms with Crippen LogP contribution in [0.2, 0.25) is 0 Å². The summed E-state index contributed by atoms with van der Waals surface area (Å²) >= 11 is 0. The number of ether oxygens (including phenoxy) is 1. The first kappa shape index (κ1) is 13.4. The lowest BCUT2D eigenvalue weighted by Crippen LogP contribution is -2.37. The highest BCUT2D eigenvalue weighted by Gasteiger charge is 2.33. The van der Waals surface area contributed by atoms with E-state index in [0.717, 1.165) is 5.75 Å². The van der Waals surface area contributed by atoms with Crippen molar-refractivity contribution >= 4 is 5.91 Å². The molecule has 2 aliphatic rings. The number of methoxy groups -OCH3 is 1. The third-order valence-electron chi connectivity index (χ3n) is 4.01. The van der Waals surface area contributed by atoms with E-state index in [2.05, 4.69) is 22.8 Å². The van der Waals surface area contributed by atoms with Gasteiger partial charge < -0.3 is 15.4 Å². The predicted octanol–water partition coefficient (Wildman–Crippen LogP) is 2.01. The van der Waals surface area contributed by atoms with Crippen molar-refractivity contribution in [2.45, 2.75) is 37.8 Å². The molecule has 3 rings (SSSR count). The molecule has 1 unspecified atom stereocenters. The Labute approximate surface area is 119 Å². The Bertz CT molecular complexity index is 464. The number of rotatable bonds is 7. The fourth-order valence-electron chi connectivity index (χ4n) is 2.46. The maximum absolute atomic E-state index is 12.0. The Morgan fingerprint density at radius 2 is 1.95 bits per heavy atom. The smallest absolute Gasteiger partial charge is 0.234 e. The Kier molecular flexibility index (Phi) is 3.92. The molecule has 0 heterocycles. The van der Waals surface area contributed by atoms with Crippen LogP contribution in [-0.2, 0) is 4.79 Å². The van der Waals surface area contributed by atoms with Crippen molar-refractivity contribution in [2.24, 2.45) is 5.92 Å². The molecular weight excluding hydrogens is 252 g/mol. The fourth-order valence-corrected chi connectivity index (χ4v) is 2.46. The van der Waals surface area contributed by atoms with Gasteiger partial charge in [-0.2, -0.15) is 0 Å². The third kappa shape index (κ3) is 3.51. The summed E-state index contributed by atoms with van der Waals surface area (Å²) in [6.45, 7) is 0.435. The van der Waals surface area contributed by atoms with Gasteiger partial charge in [-0.1, -0.05) is 12.1 Å². The zero-order valence-corrected chi connectivity index (χ0v) is 11.9. The lowest BCUT2D eigenvalue weighted by molar-refractivity contribution is -0.121. The monoisotopic (exact) mass is 274 g/mol. The zero-order valence-electron chi connectivity index (χ0n) is 11.9. The first-order valence-electron chi connectivity index (χ1n) is 7.43. The highest BCUT2D eigenvalue weighted by Crippen LogP contribution is 2.41. The average Bonchev–Trinajstić information content (AvgIpc) is 3.36. The molecule has 4 heteroatoms. The SMILES string of the molecule is COc1ccc(C(NC(=O)CNC2CC2)C2CC2)cc1. The summed E-state index contributed by atoms with van der Waals surface area (Å²) in [6.07, 6.45) is 4.82. The molecule has 2 aliphatic carbocycles. The van der Waals surface area contributed by atoms with E-state index < -0.39 is 0 Å². The molecular formula is C16H22N2O2. The van der Waals surface area contributed by atoms with Crippen molar-refractivity contribution in [3.8, 4) is 5.75 Å². The van der Waals surface area contributed by atoms with Gasteiger partial charge in [0.25, 0.3) is 0 Å². The van der Waals surface area contributed by atoms with Crippen LogP contribution < -0.4 is 15.4 Å². The molecule has 0 bridgehead atoms. The van der Waals surface area contributed by atoms with E-state index in [1.165, 1.54) is 31.2 Å². The van der Waals surface area contributed by atoms with Crippen molar-refractivity contribution in [3.05, 3.63) is 29.8 Å². The van der Waals surface area contributed by atoms with E-state index in [-0.39, 0.29) is 11.9 Å². The molecule has 0 radical (unpaired) electrons. The van der Waals surface area contributed by atoms with Gasteiger partial charge in [0.1, 0.15) is 5.75 Å². The molecule has 20 heavy (non-hydrogen) atoms. The molecule has 4 nitrogen and oxygen atoms in total. The maximum atomic E-state index is 12.0. The van der Waals surface area contributed by atoms with Gasteiger partial charge in [-0.05, 0) is 49.3 Å². The lowest BCUT2D eigenvalue weighted by atomic mass is 10.0. The van der Waals surface area contributed by atoms with Gasteiger partial charge in [0, 0.05) is 6.04 Å². The van der Waals surface area contributed by atoms with Crippen LogP contribution >= 0.6 is 0 Å². The number of carbonyl (C=O) groups excluding carboxylic acids is 1. The van der Waals surface area contributed by atoms with E-state index in [9.17, 15) is 4.79 Å². The third-order valence-corrected chi connectivity index (χ3v) is 4.01. The molecule has 108 valence electrons. The molecule has 1 atom stereocenters. The van der Waals surface area contributed by atoms with Crippen LogP contribution in [0.4, 0.5) is 0 Å². The summed E-state index contributed by atoms with van der Waals surface area (Å²) < 4.78 is 5.18. The van der Waals surface area contributed by atoms with E-state index >= 15 is 0 Å². The lowest BCUT2D eigenvalue weighted by Gasteiger charge is -2.19. The normalized spacial score (nSPS) is 19.4. The first-order chi connectivity index (χ1) is 9.76. The van der Waals surface area contributed by atoms with Gasteiger partial charge in [0.2, 0.25) is 5.91 Å². The molecule has 0 aliphatic heterocycles. The Morgan fingerprint density at radius 3 is 2.50 bits per heavy atom. The van der Waals surface area contributed by atoms with Crippen molar-refractivity contribution in [3.63, 3.8) is 0 Å². The fraction of sp³-hybridized carbons (Fsp3) is 0.562. The second-order valence-corrected chi connectivity index (χ2v) is 5.81. The van der Waals surface area contributed by atoms with Gasteiger partial charge in [-0.3, -0.25) is 4.79 Å². The van der Waals surface area contributed by atoms with Crippen LogP contribution in [-0.4, -0.2) is 25.6 Å². The topological polar surface area (TPSA) is 50.4 Å². The Hall–Kier alpha value is -1.55. The molecule has 0 saturated heterocycles. The van der Waals surface area contributed by atoms with Crippen LogP contribution in [0.5, 0.6) is 5.75 Å². The highest BCUT2D eigenvalue weighted by molar-refractivity contribution is 5.78. The number of carbonyl (C=O) groups is 1. The summed E-state index contributed by atoms with van der Waals surface area (Å²) in [5.41, 5.74) is 1.17. The number of hydrogen-bond acceptors (Lipinski definition) is 3. The molecule has 1 aromatic carbocycles. The van der Waals surface area contributed by atoms with Crippen LogP contribution in [0.25, 0.3) is 0 Å². The summed E-state index contributed by atoms with van der Waals surface area (Å²) in [5, 5.41) is 6.43. The van der Waals surface area contributed by atoms with Crippen LogP contribution in [0.15, 0.2) is 24.3 Å². The van der Waals surface area contributed by atoms with E-state index in [4.69, 9.17) is 4.74 Å². The first-order valence-corrected chi connectivity index (χ1v) is 7.43. The number of nitrogens with one attached hydrogen (secondary N) is 2. The molecule has 1 amide bonds. The quantitative estimate of drug-likeness (QED) is 0.799. The number of amides is 1. The molecule has 2 N–H and O–H groups in total. The van der Waals surface area contributed by atoms with Gasteiger partial charge in [-0.25, -0.2) is 0 Å². The van der Waals surface area contributed by atoms with Crippen LogP contribution in [0.1, 0.15) is 37.3 Å².